The van der Waals surface area contributed by atoms with Crippen LogP contribution in [0.5, 0.6) is 11.5 Å². The Morgan fingerprint density at radius 1 is 1.19 bits per heavy atom. The van der Waals surface area contributed by atoms with E-state index in [-0.39, 0.29) is 24.0 Å². The Kier molecular flexibility index (Phi) is 8.27. The molecule has 1 aliphatic rings. The number of aromatic amines is 1. The Morgan fingerprint density at radius 2 is 2.00 bits per heavy atom. The molecule has 31 heavy (non-hydrogen) atoms. The van der Waals surface area contributed by atoms with Gasteiger partial charge in [0.15, 0.2) is 5.96 Å². The van der Waals surface area contributed by atoms with Gasteiger partial charge in [0.2, 0.25) is 0 Å². The van der Waals surface area contributed by atoms with E-state index in [4.69, 9.17) is 4.74 Å². The number of hydrogen-bond acceptors (Lipinski definition) is 4. The van der Waals surface area contributed by atoms with Gasteiger partial charge >= 0.3 is 0 Å². The molecule has 3 aromatic rings. The van der Waals surface area contributed by atoms with Crippen LogP contribution in [0, 0.1) is 6.92 Å². The first-order chi connectivity index (χ1) is 14.7. The van der Waals surface area contributed by atoms with Crippen molar-refractivity contribution in [2.24, 2.45) is 4.99 Å². The Labute approximate surface area is 200 Å². The number of aromatic nitrogens is 3. The highest BCUT2D eigenvalue weighted by molar-refractivity contribution is 14.0. The number of ether oxygens (including phenoxy) is 1. The van der Waals surface area contributed by atoms with E-state index < -0.39 is 0 Å². The topological polar surface area (TPSA) is 78.4 Å². The first-order valence-corrected chi connectivity index (χ1v) is 10.4. The van der Waals surface area contributed by atoms with Crippen LogP contribution >= 0.6 is 24.0 Å². The molecular formula is C23H29IN6O. The summed E-state index contributed by atoms with van der Waals surface area (Å²) in [6, 6.07) is 16.2. The molecule has 7 nitrogen and oxygen atoms in total. The maximum atomic E-state index is 6.15. The smallest absolute Gasteiger partial charge is 0.193 e. The number of hydrogen-bond donors (Lipinski definition) is 2. The molecule has 0 amide bonds. The van der Waals surface area contributed by atoms with Crippen LogP contribution in [0.2, 0.25) is 0 Å². The van der Waals surface area contributed by atoms with Crippen molar-refractivity contribution in [3.05, 3.63) is 71.8 Å². The number of nitrogens with one attached hydrogen (secondary N) is 2. The lowest BCUT2D eigenvalue weighted by molar-refractivity contribution is 0.298. The van der Waals surface area contributed by atoms with Gasteiger partial charge < -0.3 is 15.0 Å². The van der Waals surface area contributed by atoms with E-state index in [0.29, 0.717) is 12.5 Å². The summed E-state index contributed by atoms with van der Waals surface area (Å²) in [7, 11) is 1.83. The molecule has 2 heterocycles. The largest absolute Gasteiger partial charge is 0.457 e. The Balaban J connectivity index is 0.00000272. The zero-order chi connectivity index (χ0) is 20.8. The van der Waals surface area contributed by atoms with Crippen molar-refractivity contribution in [3.8, 4) is 11.5 Å². The minimum Gasteiger partial charge on any atom is -0.457 e. The standard InChI is InChI=1S/C23H28N6O.HI/c1-17-6-5-8-20(14-17)30-21-9-4-3-7-19(21)15-25-23(24-2)29-12-10-18(11-13-29)22-26-16-27-28-22;/h3-9,14,16,18H,10-13,15H2,1-2H3,(H,24,25)(H,26,27,28);1H. The van der Waals surface area contributed by atoms with Crippen molar-refractivity contribution in [2.75, 3.05) is 20.1 Å². The average molecular weight is 532 g/mol. The molecule has 1 aliphatic heterocycles. The van der Waals surface area contributed by atoms with Crippen molar-refractivity contribution in [1.82, 2.24) is 25.4 Å². The zero-order valence-electron chi connectivity index (χ0n) is 17.9. The second kappa shape index (κ2) is 11.1. The lowest BCUT2D eigenvalue weighted by Crippen LogP contribution is -2.45. The van der Waals surface area contributed by atoms with Gasteiger partial charge in [0, 0.05) is 38.2 Å². The van der Waals surface area contributed by atoms with Crippen molar-refractivity contribution in [3.63, 3.8) is 0 Å². The van der Waals surface area contributed by atoms with E-state index in [1.807, 2.05) is 43.4 Å². The maximum Gasteiger partial charge on any atom is 0.193 e. The van der Waals surface area contributed by atoms with Crippen molar-refractivity contribution >= 4 is 29.9 Å². The molecule has 0 saturated carbocycles. The van der Waals surface area contributed by atoms with Gasteiger partial charge in [-0.3, -0.25) is 10.1 Å². The SMILES string of the molecule is CN=C(NCc1ccccc1Oc1cccc(C)c1)N1CCC(c2ncn[nH]2)CC1.I. The molecule has 0 spiro atoms. The molecule has 0 bridgehead atoms. The second-order valence-corrected chi connectivity index (χ2v) is 7.56. The van der Waals surface area contributed by atoms with Crippen LogP contribution < -0.4 is 10.1 Å². The quantitative estimate of drug-likeness (QED) is 0.288. The van der Waals surface area contributed by atoms with Crippen LogP contribution in [-0.4, -0.2) is 46.2 Å². The van der Waals surface area contributed by atoms with Gasteiger partial charge in [0.1, 0.15) is 23.7 Å². The summed E-state index contributed by atoms with van der Waals surface area (Å²) in [6.07, 6.45) is 3.64. The highest BCUT2D eigenvalue weighted by Crippen LogP contribution is 2.27. The highest BCUT2D eigenvalue weighted by atomic mass is 127. The van der Waals surface area contributed by atoms with Gasteiger partial charge in [-0.15, -0.1) is 24.0 Å². The van der Waals surface area contributed by atoms with E-state index in [2.05, 4.69) is 49.4 Å². The highest BCUT2D eigenvalue weighted by Gasteiger charge is 2.24. The van der Waals surface area contributed by atoms with Crippen LogP contribution in [0.25, 0.3) is 0 Å². The third kappa shape index (κ3) is 5.96. The number of piperidine rings is 1. The van der Waals surface area contributed by atoms with Gasteiger partial charge in [0.05, 0.1) is 0 Å². The molecule has 0 unspecified atom stereocenters. The minimum absolute atomic E-state index is 0. The number of H-pyrrole nitrogens is 1. The van der Waals surface area contributed by atoms with E-state index in [0.717, 1.165) is 54.8 Å². The maximum absolute atomic E-state index is 6.15. The third-order valence-corrected chi connectivity index (χ3v) is 5.45. The number of aryl methyl sites for hydroxylation is 1. The fourth-order valence-electron chi connectivity index (χ4n) is 3.84. The summed E-state index contributed by atoms with van der Waals surface area (Å²) < 4.78 is 6.15. The van der Waals surface area contributed by atoms with Crippen LogP contribution in [0.15, 0.2) is 59.9 Å². The normalized spacial score (nSPS) is 14.8. The monoisotopic (exact) mass is 532 g/mol. The fourth-order valence-corrected chi connectivity index (χ4v) is 3.84. The lowest BCUT2D eigenvalue weighted by atomic mass is 9.96. The molecule has 0 radical (unpaired) electrons. The molecule has 8 heteroatoms. The van der Waals surface area contributed by atoms with E-state index in [1.54, 1.807) is 6.33 Å². The van der Waals surface area contributed by atoms with Gasteiger partial charge in [-0.2, -0.15) is 5.10 Å². The summed E-state index contributed by atoms with van der Waals surface area (Å²) in [5, 5.41) is 10.5. The lowest BCUT2D eigenvalue weighted by Gasteiger charge is -2.33. The predicted octanol–water partition coefficient (Wildman–Crippen LogP) is 4.48. The molecule has 2 N–H and O–H groups in total. The Bertz CT molecular complexity index is 983. The molecule has 1 fully saturated rings. The van der Waals surface area contributed by atoms with Crippen LogP contribution in [-0.2, 0) is 6.54 Å². The molecule has 0 aliphatic carbocycles. The summed E-state index contributed by atoms with van der Waals surface area (Å²) in [5.74, 6) is 4.04. The summed E-state index contributed by atoms with van der Waals surface area (Å²) in [6.45, 7) is 4.59. The minimum atomic E-state index is 0. The fraction of sp³-hybridized carbons (Fsp3) is 0.348. The molecule has 2 aromatic carbocycles. The van der Waals surface area contributed by atoms with Gasteiger partial charge in [-0.25, -0.2) is 4.98 Å². The molecule has 4 rings (SSSR count). The number of benzene rings is 2. The Hall–Kier alpha value is -2.62. The van der Waals surface area contributed by atoms with E-state index in [1.165, 1.54) is 5.56 Å². The summed E-state index contributed by atoms with van der Waals surface area (Å²) in [4.78, 5) is 11.1. The second-order valence-electron chi connectivity index (χ2n) is 7.56. The Morgan fingerprint density at radius 3 is 2.71 bits per heavy atom. The third-order valence-electron chi connectivity index (χ3n) is 5.45. The molecule has 164 valence electrons. The van der Waals surface area contributed by atoms with Crippen LogP contribution in [0.4, 0.5) is 0 Å². The van der Waals surface area contributed by atoms with Gasteiger partial charge in [-0.05, 0) is 43.5 Å². The molecule has 0 atom stereocenters. The van der Waals surface area contributed by atoms with Crippen LogP contribution in [0.3, 0.4) is 0 Å². The number of rotatable bonds is 5. The number of aliphatic imine (C=N–C) groups is 1. The number of halogens is 1. The van der Waals surface area contributed by atoms with Crippen molar-refractivity contribution in [1.29, 1.82) is 0 Å². The van der Waals surface area contributed by atoms with E-state index in [9.17, 15) is 0 Å². The van der Waals surface area contributed by atoms with Crippen molar-refractivity contribution < 1.29 is 4.74 Å². The number of para-hydroxylation sites is 1. The molecule has 1 aromatic heterocycles. The first kappa shape index (κ1) is 23.1. The predicted molar refractivity (Wildman–Crippen MR) is 133 cm³/mol. The number of likely N-dealkylation sites (tertiary alicyclic amines) is 1. The zero-order valence-corrected chi connectivity index (χ0v) is 20.2. The summed E-state index contributed by atoms with van der Waals surface area (Å²) >= 11 is 0. The number of guanidine groups is 1. The molecular weight excluding hydrogens is 503 g/mol. The van der Waals surface area contributed by atoms with E-state index >= 15 is 0 Å². The number of nitrogens with zero attached hydrogens (tertiary/aromatic N) is 4. The van der Waals surface area contributed by atoms with Gasteiger partial charge in [-0.1, -0.05) is 30.3 Å². The van der Waals surface area contributed by atoms with Crippen LogP contribution in [0.1, 0.15) is 35.7 Å². The average Bonchev–Trinajstić information content (AvgIpc) is 3.31. The molecule has 1 saturated heterocycles. The summed E-state index contributed by atoms with van der Waals surface area (Å²) in [5.41, 5.74) is 2.27. The van der Waals surface area contributed by atoms with Crippen molar-refractivity contribution in [2.45, 2.75) is 32.2 Å². The van der Waals surface area contributed by atoms with Gasteiger partial charge in [0.25, 0.3) is 0 Å². The first-order valence-electron chi connectivity index (χ1n) is 10.4.